The number of carboxylic acid groups (broad SMARTS) is 1. The van der Waals surface area contributed by atoms with Crippen molar-refractivity contribution in [2.45, 2.75) is 25.8 Å². The van der Waals surface area contributed by atoms with Crippen LogP contribution in [0.3, 0.4) is 0 Å². The first-order chi connectivity index (χ1) is 5.57. The topological polar surface area (TPSA) is 40.5 Å². The maximum absolute atomic E-state index is 10.2. The summed E-state index contributed by atoms with van der Waals surface area (Å²) >= 11 is 0. The van der Waals surface area contributed by atoms with E-state index < -0.39 is 5.97 Å². The van der Waals surface area contributed by atoms with E-state index in [2.05, 4.69) is 11.5 Å². The average molecular weight is 171 g/mol. The number of rotatable bonds is 6. The SMILES string of the molecule is C=CC(C)N(C)CCCC(=O)O. The van der Waals surface area contributed by atoms with E-state index in [0.29, 0.717) is 12.5 Å². The second-order valence-electron chi connectivity index (χ2n) is 2.95. The lowest BCUT2D eigenvalue weighted by molar-refractivity contribution is -0.137. The fraction of sp³-hybridized carbons (Fsp3) is 0.667. The molecule has 0 bridgehead atoms. The Morgan fingerprint density at radius 3 is 2.75 bits per heavy atom. The second-order valence-corrected chi connectivity index (χ2v) is 2.95. The molecule has 12 heavy (non-hydrogen) atoms. The summed E-state index contributed by atoms with van der Waals surface area (Å²) in [6.07, 6.45) is 2.79. The first-order valence-corrected chi connectivity index (χ1v) is 4.12. The highest BCUT2D eigenvalue weighted by molar-refractivity contribution is 5.66. The predicted octanol–water partition coefficient (Wildman–Crippen LogP) is 1.36. The van der Waals surface area contributed by atoms with Crippen molar-refractivity contribution in [3.63, 3.8) is 0 Å². The van der Waals surface area contributed by atoms with Crippen LogP contribution in [-0.2, 0) is 4.79 Å². The Kier molecular flexibility index (Phi) is 5.37. The molecule has 0 saturated carbocycles. The predicted molar refractivity (Wildman–Crippen MR) is 49.2 cm³/mol. The molecular weight excluding hydrogens is 154 g/mol. The maximum Gasteiger partial charge on any atom is 0.303 e. The van der Waals surface area contributed by atoms with Crippen molar-refractivity contribution in [3.8, 4) is 0 Å². The van der Waals surface area contributed by atoms with Crippen molar-refractivity contribution in [1.29, 1.82) is 0 Å². The molecule has 3 nitrogen and oxygen atoms in total. The lowest BCUT2D eigenvalue weighted by atomic mass is 10.2. The smallest absolute Gasteiger partial charge is 0.303 e. The minimum absolute atomic E-state index is 0.244. The number of carboxylic acids is 1. The van der Waals surface area contributed by atoms with Crippen LogP contribution in [0.5, 0.6) is 0 Å². The van der Waals surface area contributed by atoms with Gasteiger partial charge in [0.25, 0.3) is 0 Å². The van der Waals surface area contributed by atoms with Crippen LogP contribution in [0.4, 0.5) is 0 Å². The lowest BCUT2D eigenvalue weighted by Gasteiger charge is -2.20. The summed E-state index contributed by atoms with van der Waals surface area (Å²) in [4.78, 5) is 12.3. The van der Waals surface area contributed by atoms with Gasteiger partial charge in [0.05, 0.1) is 0 Å². The van der Waals surface area contributed by atoms with Gasteiger partial charge in [0.1, 0.15) is 0 Å². The lowest BCUT2D eigenvalue weighted by Crippen LogP contribution is -2.28. The van der Waals surface area contributed by atoms with E-state index in [1.807, 2.05) is 20.0 Å². The molecule has 0 aromatic carbocycles. The van der Waals surface area contributed by atoms with Gasteiger partial charge in [-0.2, -0.15) is 0 Å². The Hall–Kier alpha value is -0.830. The second kappa shape index (κ2) is 5.77. The summed E-state index contributed by atoms with van der Waals surface area (Å²) in [5, 5.41) is 8.38. The van der Waals surface area contributed by atoms with E-state index in [1.165, 1.54) is 0 Å². The third-order valence-electron chi connectivity index (χ3n) is 1.94. The third-order valence-corrected chi connectivity index (χ3v) is 1.94. The monoisotopic (exact) mass is 171 g/mol. The molecule has 0 rings (SSSR count). The number of likely N-dealkylation sites (N-methyl/N-ethyl adjacent to an activating group) is 1. The van der Waals surface area contributed by atoms with Crippen molar-refractivity contribution in [1.82, 2.24) is 4.90 Å². The van der Waals surface area contributed by atoms with Crippen LogP contribution in [0.25, 0.3) is 0 Å². The highest BCUT2D eigenvalue weighted by Crippen LogP contribution is 1.99. The Morgan fingerprint density at radius 2 is 2.33 bits per heavy atom. The minimum atomic E-state index is -0.727. The Bertz CT molecular complexity index is 157. The zero-order valence-electron chi connectivity index (χ0n) is 7.79. The van der Waals surface area contributed by atoms with Gasteiger partial charge in [-0.1, -0.05) is 6.08 Å². The molecular formula is C9H17NO2. The summed E-state index contributed by atoms with van der Waals surface area (Å²) in [6, 6.07) is 0.318. The van der Waals surface area contributed by atoms with Crippen LogP contribution in [0.2, 0.25) is 0 Å². The molecule has 70 valence electrons. The fourth-order valence-corrected chi connectivity index (χ4v) is 0.863. The Labute approximate surface area is 73.7 Å². The van der Waals surface area contributed by atoms with E-state index in [-0.39, 0.29) is 6.42 Å². The molecule has 0 radical (unpaired) electrons. The standard InChI is InChI=1S/C9H17NO2/c1-4-8(2)10(3)7-5-6-9(11)12/h4,8H,1,5-7H2,2-3H3,(H,11,12). The molecule has 0 aromatic heterocycles. The van der Waals surface area contributed by atoms with Crippen LogP contribution in [0, 0.1) is 0 Å². The molecule has 0 amide bonds. The molecule has 1 atom stereocenters. The quantitative estimate of drug-likeness (QED) is 0.613. The number of carbonyl (C=O) groups is 1. The number of hydrogen-bond acceptors (Lipinski definition) is 2. The molecule has 1 unspecified atom stereocenters. The van der Waals surface area contributed by atoms with Crippen molar-refractivity contribution in [2.24, 2.45) is 0 Å². The summed E-state index contributed by atoms with van der Waals surface area (Å²) in [7, 11) is 1.97. The highest BCUT2D eigenvalue weighted by Gasteiger charge is 2.04. The van der Waals surface area contributed by atoms with Crippen molar-refractivity contribution >= 4 is 5.97 Å². The van der Waals surface area contributed by atoms with Crippen LogP contribution in [-0.4, -0.2) is 35.6 Å². The molecule has 0 aliphatic heterocycles. The zero-order chi connectivity index (χ0) is 9.56. The van der Waals surface area contributed by atoms with Gasteiger partial charge in [-0.05, 0) is 26.9 Å². The first-order valence-electron chi connectivity index (χ1n) is 4.12. The highest BCUT2D eigenvalue weighted by atomic mass is 16.4. The number of nitrogens with zero attached hydrogens (tertiary/aromatic N) is 1. The van der Waals surface area contributed by atoms with Gasteiger partial charge < -0.3 is 10.0 Å². The van der Waals surface area contributed by atoms with Crippen LogP contribution in [0.15, 0.2) is 12.7 Å². The maximum atomic E-state index is 10.2. The largest absolute Gasteiger partial charge is 0.481 e. The van der Waals surface area contributed by atoms with Gasteiger partial charge in [-0.15, -0.1) is 6.58 Å². The van der Waals surface area contributed by atoms with Gasteiger partial charge in [0.15, 0.2) is 0 Å². The van der Waals surface area contributed by atoms with Crippen molar-refractivity contribution < 1.29 is 9.90 Å². The van der Waals surface area contributed by atoms with Crippen LogP contribution < -0.4 is 0 Å². The average Bonchev–Trinajstić information content (AvgIpc) is 2.02. The third kappa shape index (κ3) is 4.91. The molecule has 1 N–H and O–H groups in total. The molecule has 0 heterocycles. The normalized spacial score (nSPS) is 12.9. The fourth-order valence-electron chi connectivity index (χ4n) is 0.863. The molecule has 0 aromatic rings. The van der Waals surface area contributed by atoms with Gasteiger partial charge in [-0.3, -0.25) is 4.79 Å². The molecule has 0 aliphatic carbocycles. The van der Waals surface area contributed by atoms with Crippen LogP contribution in [0.1, 0.15) is 19.8 Å². The Morgan fingerprint density at radius 1 is 1.75 bits per heavy atom. The van der Waals surface area contributed by atoms with E-state index in [9.17, 15) is 4.79 Å². The molecule has 0 spiro atoms. The molecule has 0 saturated heterocycles. The van der Waals surface area contributed by atoms with E-state index in [0.717, 1.165) is 6.54 Å². The minimum Gasteiger partial charge on any atom is -0.481 e. The number of aliphatic carboxylic acids is 1. The summed E-state index contributed by atoms with van der Waals surface area (Å²) in [5.41, 5.74) is 0. The summed E-state index contributed by atoms with van der Waals surface area (Å²) < 4.78 is 0. The van der Waals surface area contributed by atoms with Crippen LogP contribution >= 0.6 is 0 Å². The first kappa shape index (κ1) is 11.2. The summed E-state index contributed by atoms with van der Waals surface area (Å²) in [6.45, 7) is 6.51. The molecule has 3 heteroatoms. The molecule has 0 aliphatic rings. The van der Waals surface area contributed by atoms with Crippen molar-refractivity contribution in [2.75, 3.05) is 13.6 Å². The zero-order valence-corrected chi connectivity index (χ0v) is 7.79. The van der Waals surface area contributed by atoms with Gasteiger partial charge in [0.2, 0.25) is 0 Å². The van der Waals surface area contributed by atoms with E-state index in [1.54, 1.807) is 0 Å². The van der Waals surface area contributed by atoms with E-state index in [4.69, 9.17) is 5.11 Å². The Balaban J connectivity index is 3.49. The van der Waals surface area contributed by atoms with E-state index >= 15 is 0 Å². The van der Waals surface area contributed by atoms with Gasteiger partial charge in [-0.25, -0.2) is 0 Å². The van der Waals surface area contributed by atoms with Gasteiger partial charge >= 0.3 is 5.97 Å². The molecule has 0 fully saturated rings. The van der Waals surface area contributed by atoms with Gasteiger partial charge in [0, 0.05) is 12.5 Å². The summed E-state index contributed by atoms with van der Waals surface area (Å²) in [5.74, 6) is -0.727. The number of hydrogen-bond donors (Lipinski definition) is 1. The van der Waals surface area contributed by atoms with Crippen molar-refractivity contribution in [3.05, 3.63) is 12.7 Å².